The van der Waals surface area contributed by atoms with E-state index in [0.29, 0.717) is 12.8 Å². The molecule has 1 N–H and O–H groups in total. The van der Waals surface area contributed by atoms with Crippen LogP contribution in [0.5, 0.6) is 0 Å². The van der Waals surface area contributed by atoms with E-state index in [0.717, 1.165) is 25.7 Å². The van der Waals surface area contributed by atoms with Crippen LogP contribution in [-0.2, 0) is 5.11 Å². The van der Waals surface area contributed by atoms with E-state index < -0.39 is 5.79 Å². The molecule has 0 aromatic heterocycles. The molecule has 0 saturated heterocycles. The lowest BCUT2D eigenvalue weighted by Crippen LogP contribution is -2.24. The number of hydrogen-bond acceptors (Lipinski definition) is 1. The second-order valence-electron chi connectivity index (χ2n) is 2.86. The van der Waals surface area contributed by atoms with Gasteiger partial charge in [-0.1, -0.05) is 12.8 Å². The molecule has 1 radical (unpaired) electrons. The van der Waals surface area contributed by atoms with Gasteiger partial charge in [0.25, 0.3) is 0 Å². The number of aliphatic hydroxyl groups is 1. The largest absolute Gasteiger partial charge is 0.363 e. The van der Waals surface area contributed by atoms with Crippen LogP contribution < -0.4 is 0 Å². The Hall–Kier alpha value is -0.0800. The maximum atomic E-state index is 10.9. The Kier molecular flexibility index (Phi) is 2.09. The molecule has 0 unspecified atom stereocenters. The van der Waals surface area contributed by atoms with Crippen molar-refractivity contribution in [1.29, 1.82) is 0 Å². The average Bonchev–Trinajstić information content (AvgIpc) is 1.92. The normalized spacial score (nSPS) is 27.3. The highest BCUT2D eigenvalue weighted by Crippen LogP contribution is 2.24. The molecule has 1 aliphatic rings. The lowest BCUT2D eigenvalue weighted by Gasteiger charge is -2.14. The molecule has 9 heavy (non-hydrogen) atoms. The zero-order chi connectivity index (χ0) is 6.74. The molecule has 0 atom stereocenters. The minimum Gasteiger partial charge on any atom is -0.363 e. The number of rotatable bonds is 0. The molecule has 0 spiro atoms. The summed E-state index contributed by atoms with van der Waals surface area (Å²) in [4.78, 5) is 0. The fourth-order valence-corrected chi connectivity index (χ4v) is 1.28. The van der Waals surface area contributed by atoms with Crippen LogP contribution in [0.2, 0.25) is 0 Å². The molecule has 0 heterocycles. The van der Waals surface area contributed by atoms with Crippen LogP contribution in [0, 0.1) is 0 Å². The Morgan fingerprint density at radius 2 is 1.44 bits per heavy atom. The molecule has 0 aromatic rings. The van der Waals surface area contributed by atoms with Gasteiger partial charge in [-0.25, -0.2) is 0 Å². The van der Waals surface area contributed by atoms with Crippen molar-refractivity contribution in [2.75, 3.05) is 0 Å². The SMILES string of the molecule is [O]C1(O)CCCCCC1. The van der Waals surface area contributed by atoms with E-state index in [-0.39, 0.29) is 0 Å². The lowest BCUT2D eigenvalue weighted by atomic mass is 10.1. The molecule has 1 fully saturated rings. The summed E-state index contributed by atoms with van der Waals surface area (Å²) in [6.07, 6.45) is 4.94. The summed E-state index contributed by atoms with van der Waals surface area (Å²) in [5, 5.41) is 19.9. The third kappa shape index (κ3) is 2.33. The topological polar surface area (TPSA) is 40.1 Å². The van der Waals surface area contributed by atoms with Crippen molar-refractivity contribution < 1.29 is 10.2 Å². The van der Waals surface area contributed by atoms with Crippen LogP contribution in [0.3, 0.4) is 0 Å². The first-order valence-electron chi connectivity index (χ1n) is 3.63. The third-order valence-corrected chi connectivity index (χ3v) is 1.88. The average molecular weight is 129 g/mol. The Bertz CT molecular complexity index is 78.9. The fourth-order valence-electron chi connectivity index (χ4n) is 1.28. The van der Waals surface area contributed by atoms with Crippen molar-refractivity contribution in [2.24, 2.45) is 0 Å². The summed E-state index contributed by atoms with van der Waals surface area (Å²) < 4.78 is 0. The zero-order valence-corrected chi connectivity index (χ0v) is 5.60. The molecule has 2 nitrogen and oxygen atoms in total. The maximum Gasteiger partial charge on any atom is 0.199 e. The molecular formula is C7H13O2. The van der Waals surface area contributed by atoms with E-state index in [2.05, 4.69) is 0 Å². The van der Waals surface area contributed by atoms with Crippen molar-refractivity contribution in [2.45, 2.75) is 44.3 Å². The monoisotopic (exact) mass is 129 g/mol. The van der Waals surface area contributed by atoms with Gasteiger partial charge < -0.3 is 5.11 Å². The minimum atomic E-state index is -1.59. The molecule has 0 aromatic carbocycles. The van der Waals surface area contributed by atoms with Crippen LogP contribution in [-0.4, -0.2) is 10.9 Å². The predicted octanol–water partition coefficient (Wildman–Crippen LogP) is 1.46. The second-order valence-corrected chi connectivity index (χ2v) is 2.86. The van der Waals surface area contributed by atoms with Crippen molar-refractivity contribution >= 4 is 0 Å². The van der Waals surface area contributed by atoms with Crippen LogP contribution >= 0.6 is 0 Å². The summed E-state index contributed by atoms with van der Waals surface area (Å²) in [6.45, 7) is 0. The summed E-state index contributed by atoms with van der Waals surface area (Å²) in [5.41, 5.74) is 0. The highest BCUT2D eigenvalue weighted by molar-refractivity contribution is 4.67. The van der Waals surface area contributed by atoms with Gasteiger partial charge in [-0.2, -0.15) is 5.11 Å². The van der Waals surface area contributed by atoms with Gasteiger partial charge in [0.2, 0.25) is 0 Å². The number of hydrogen-bond donors (Lipinski definition) is 1. The van der Waals surface area contributed by atoms with Gasteiger partial charge in [-0.05, 0) is 12.8 Å². The lowest BCUT2D eigenvalue weighted by molar-refractivity contribution is -0.211. The fraction of sp³-hybridized carbons (Fsp3) is 1.00. The predicted molar refractivity (Wildman–Crippen MR) is 33.3 cm³/mol. The minimum absolute atomic E-state index is 0.451. The van der Waals surface area contributed by atoms with Gasteiger partial charge in [0.15, 0.2) is 5.79 Å². The smallest absolute Gasteiger partial charge is 0.199 e. The highest BCUT2D eigenvalue weighted by atomic mass is 16.5. The summed E-state index contributed by atoms with van der Waals surface area (Å²) in [5.74, 6) is -1.59. The van der Waals surface area contributed by atoms with E-state index in [4.69, 9.17) is 5.11 Å². The standard InChI is InChI=1S/C7H13O2/c8-7(9)5-3-1-2-4-6-7/h8H,1-6H2. The Labute approximate surface area is 55.5 Å². The van der Waals surface area contributed by atoms with Crippen molar-refractivity contribution in [3.8, 4) is 0 Å². The van der Waals surface area contributed by atoms with Crippen molar-refractivity contribution in [1.82, 2.24) is 0 Å². The molecule has 0 aliphatic heterocycles. The molecule has 2 heteroatoms. The molecule has 0 bridgehead atoms. The van der Waals surface area contributed by atoms with Crippen LogP contribution in [0.15, 0.2) is 0 Å². The van der Waals surface area contributed by atoms with E-state index in [1.165, 1.54) is 0 Å². The first-order chi connectivity index (χ1) is 4.21. The van der Waals surface area contributed by atoms with Gasteiger partial charge in [-0.3, -0.25) is 0 Å². The Morgan fingerprint density at radius 3 is 1.89 bits per heavy atom. The van der Waals surface area contributed by atoms with Gasteiger partial charge in [0, 0.05) is 12.8 Å². The molecule has 53 valence electrons. The molecular weight excluding hydrogens is 116 g/mol. The van der Waals surface area contributed by atoms with Crippen LogP contribution in [0.25, 0.3) is 0 Å². The Balaban J connectivity index is 2.36. The summed E-state index contributed by atoms with van der Waals surface area (Å²) in [7, 11) is 0. The van der Waals surface area contributed by atoms with Crippen LogP contribution in [0.1, 0.15) is 38.5 Å². The highest BCUT2D eigenvalue weighted by Gasteiger charge is 2.25. The zero-order valence-electron chi connectivity index (χ0n) is 5.60. The third-order valence-electron chi connectivity index (χ3n) is 1.88. The molecule has 1 rings (SSSR count). The van der Waals surface area contributed by atoms with Gasteiger partial charge in [0.05, 0.1) is 0 Å². The first kappa shape index (κ1) is 7.03. The van der Waals surface area contributed by atoms with Gasteiger partial charge in [-0.15, -0.1) is 0 Å². The molecule has 1 saturated carbocycles. The maximum absolute atomic E-state index is 10.9. The van der Waals surface area contributed by atoms with Crippen molar-refractivity contribution in [3.63, 3.8) is 0 Å². The van der Waals surface area contributed by atoms with Gasteiger partial charge in [0.1, 0.15) is 0 Å². The molecule has 0 amide bonds. The quantitative estimate of drug-likeness (QED) is 0.390. The van der Waals surface area contributed by atoms with Gasteiger partial charge >= 0.3 is 0 Å². The van der Waals surface area contributed by atoms with E-state index in [1.807, 2.05) is 0 Å². The van der Waals surface area contributed by atoms with E-state index in [9.17, 15) is 5.11 Å². The summed E-state index contributed by atoms with van der Waals surface area (Å²) >= 11 is 0. The van der Waals surface area contributed by atoms with Crippen LogP contribution in [0.4, 0.5) is 0 Å². The summed E-state index contributed by atoms with van der Waals surface area (Å²) in [6, 6.07) is 0. The Morgan fingerprint density at radius 1 is 1.00 bits per heavy atom. The van der Waals surface area contributed by atoms with E-state index in [1.54, 1.807) is 0 Å². The first-order valence-corrected chi connectivity index (χ1v) is 3.63. The van der Waals surface area contributed by atoms with E-state index >= 15 is 0 Å². The van der Waals surface area contributed by atoms with Crippen molar-refractivity contribution in [3.05, 3.63) is 0 Å². The second kappa shape index (κ2) is 2.67. The molecule has 1 aliphatic carbocycles.